The number of carbonyl (C=O) groups is 1. The zero-order chi connectivity index (χ0) is 11.0. The second-order valence-corrected chi connectivity index (χ2v) is 4.29. The fourth-order valence-corrected chi connectivity index (χ4v) is 2.42. The molecule has 4 nitrogen and oxygen atoms in total. The molecule has 2 atom stereocenters. The maximum atomic E-state index is 11.9. The van der Waals surface area contributed by atoms with Crippen LogP contribution < -0.4 is 10.1 Å². The van der Waals surface area contributed by atoms with E-state index in [-0.39, 0.29) is 6.09 Å². The number of nitrogens with one attached hydrogen (secondary N) is 1. The number of para-hydroxylation sites is 1. The SMILES string of the molecule is O=C(Oc1ccccc1)N1C2CNCC1C2. The molecule has 1 aromatic carbocycles. The maximum Gasteiger partial charge on any atom is 0.415 e. The van der Waals surface area contributed by atoms with Crippen LogP contribution in [0.3, 0.4) is 0 Å². The van der Waals surface area contributed by atoms with E-state index in [0.29, 0.717) is 17.8 Å². The predicted octanol–water partition coefficient (Wildman–Crippen LogP) is 1.23. The molecule has 3 rings (SSSR count). The molecule has 1 N–H and O–H groups in total. The Labute approximate surface area is 94.2 Å². The number of ether oxygens (including phenoxy) is 1. The summed E-state index contributed by atoms with van der Waals surface area (Å²) >= 11 is 0. The van der Waals surface area contributed by atoms with Crippen molar-refractivity contribution < 1.29 is 9.53 Å². The van der Waals surface area contributed by atoms with Crippen LogP contribution in [0.25, 0.3) is 0 Å². The Morgan fingerprint density at radius 1 is 1.25 bits per heavy atom. The Morgan fingerprint density at radius 2 is 1.94 bits per heavy atom. The Morgan fingerprint density at radius 3 is 2.56 bits per heavy atom. The van der Waals surface area contributed by atoms with Gasteiger partial charge in [-0.2, -0.15) is 0 Å². The summed E-state index contributed by atoms with van der Waals surface area (Å²) in [6.07, 6.45) is 0.894. The molecule has 2 saturated heterocycles. The minimum absolute atomic E-state index is 0.214. The molecular formula is C12H14N2O2. The summed E-state index contributed by atoms with van der Waals surface area (Å²) in [5, 5.41) is 3.28. The van der Waals surface area contributed by atoms with Crippen LogP contribution in [-0.4, -0.2) is 36.2 Å². The molecule has 2 heterocycles. The van der Waals surface area contributed by atoms with Gasteiger partial charge in [-0.3, -0.25) is 4.90 Å². The molecule has 2 aliphatic heterocycles. The largest absolute Gasteiger partial charge is 0.415 e. The number of rotatable bonds is 1. The highest BCUT2D eigenvalue weighted by Crippen LogP contribution is 2.29. The van der Waals surface area contributed by atoms with Crippen molar-refractivity contribution in [2.45, 2.75) is 18.5 Å². The fourth-order valence-electron chi connectivity index (χ4n) is 2.42. The van der Waals surface area contributed by atoms with E-state index in [1.807, 2.05) is 23.1 Å². The van der Waals surface area contributed by atoms with Crippen LogP contribution in [0.5, 0.6) is 5.75 Å². The van der Waals surface area contributed by atoms with Gasteiger partial charge in [-0.1, -0.05) is 18.2 Å². The number of piperidine rings is 1. The van der Waals surface area contributed by atoms with Crippen molar-refractivity contribution in [1.82, 2.24) is 10.2 Å². The van der Waals surface area contributed by atoms with Crippen LogP contribution in [0.4, 0.5) is 4.79 Å². The highest BCUT2D eigenvalue weighted by Gasteiger charge is 2.45. The van der Waals surface area contributed by atoms with E-state index >= 15 is 0 Å². The number of benzene rings is 1. The third-order valence-corrected chi connectivity index (χ3v) is 3.25. The van der Waals surface area contributed by atoms with Gasteiger partial charge in [0.05, 0.1) is 0 Å². The van der Waals surface area contributed by atoms with Crippen LogP contribution in [0.1, 0.15) is 6.42 Å². The molecule has 1 amide bonds. The number of nitrogens with zero attached hydrogens (tertiary/aromatic N) is 1. The molecule has 0 aromatic heterocycles. The summed E-state index contributed by atoms with van der Waals surface area (Å²) in [4.78, 5) is 13.7. The zero-order valence-electron chi connectivity index (χ0n) is 8.93. The van der Waals surface area contributed by atoms with Crippen molar-refractivity contribution >= 4 is 6.09 Å². The molecule has 2 unspecified atom stereocenters. The normalized spacial score (nSPS) is 27.1. The molecule has 16 heavy (non-hydrogen) atoms. The van der Waals surface area contributed by atoms with Crippen LogP contribution in [-0.2, 0) is 0 Å². The van der Waals surface area contributed by atoms with Crippen molar-refractivity contribution in [2.75, 3.05) is 13.1 Å². The number of amides is 1. The van der Waals surface area contributed by atoms with Crippen LogP contribution in [0, 0.1) is 0 Å². The van der Waals surface area contributed by atoms with Gasteiger partial charge in [0, 0.05) is 25.2 Å². The Kier molecular flexibility index (Phi) is 2.29. The summed E-state index contributed by atoms with van der Waals surface area (Å²) in [5.74, 6) is 0.616. The quantitative estimate of drug-likeness (QED) is 0.771. The number of carbonyl (C=O) groups excluding carboxylic acids is 1. The van der Waals surface area contributed by atoms with Gasteiger partial charge in [0.1, 0.15) is 5.75 Å². The summed E-state index contributed by atoms with van der Waals surface area (Å²) in [5.41, 5.74) is 0. The van der Waals surface area contributed by atoms with Gasteiger partial charge in [-0.25, -0.2) is 4.79 Å². The maximum absolute atomic E-state index is 11.9. The Balaban J connectivity index is 1.66. The molecule has 4 heteroatoms. The van der Waals surface area contributed by atoms with Crippen molar-refractivity contribution in [3.05, 3.63) is 30.3 Å². The first-order valence-corrected chi connectivity index (χ1v) is 5.60. The standard InChI is InChI=1S/C12H14N2O2/c15-12(16-11-4-2-1-3-5-11)14-9-6-10(14)8-13-7-9/h1-5,9-10,13H,6-8H2. The topological polar surface area (TPSA) is 41.6 Å². The van der Waals surface area contributed by atoms with Gasteiger partial charge in [-0.05, 0) is 18.6 Å². The highest BCUT2D eigenvalue weighted by molar-refractivity contribution is 5.72. The van der Waals surface area contributed by atoms with Gasteiger partial charge in [0.25, 0.3) is 0 Å². The molecule has 0 aliphatic carbocycles. The molecule has 1 aromatic rings. The fraction of sp³-hybridized carbons (Fsp3) is 0.417. The molecule has 0 saturated carbocycles. The van der Waals surface area contributed by atoms with Gasteiger partial charge < -0.3 is 10.1 Å². The Hall–Kier alpha value is -1.55. The first-order valence-electron chi connectivity index (χ1n) is 5.60. The minimum Gasteiger partial charge on any atom is -0.410 e. The lowest BCUT2D eigenvalue weighted by Crippen LogP contribution is -2.69. The van der Waals surface area contributed by atoms with E-state index in [1.54, 1.807) is 12.1 Å². The molecule has 2 aliphatic rings. The molecule has 84 valence electrons. The first kappa shape index (κ1) is 9.66. The highest BCUT2D eigenvalue weighted by atomic mass is 16.6. The summed E-state index contributed by atoms with van der Waals surface area (Å²) in [7, 11) is 0. The van der Waals surface area contributed by atoms with Gasteiger partial charge in [0.2, 0.25) is 0 Å². The number of hydrogen-bond acceptors (Lipinski definition) is 3. The summed E-state index contributed by atoms with van der Waals surface area (Å²) in [6, 6.07) is 9.88. The molecule has 2 fully saturated rings. The third kappa shape index (κ3) is 1.55. The first-order chi connectivity index (χ1) is 7.84. The molecular weight excluding hydrogens is 204 g/mol. The van der Waals surface area contributed by atoms with Crippen LogP contribution >= 0.6 is 0 Å². The minimum atomic E-state index is -0.214. The zero-order valence-corrected chi connectivity index (χ0v) is 8.93. The lowest BCUT2D eigenvalue weighted by Gasteiger charge is -2.51. The van der Waals surface area contributed by atoms with Crippen molar-refractivity contribution in [3.63, 3.8) is 0 Å². The number of fused-ring (bicyclic) bond motifs is 2. The van der Waals surface area contributed by atoms with Gasteiger partial charge in [0.15, 0.2) is 0 Å². The van der Waals surface area contributed by atoms with E-state index in [1.165, 1.54) is 0 Å². The smallest absolute Gasteiger partial charge is 0.410 e. The monoisotopic (exact) mass is 218 g/mol. The lowest BCUT2D eigenvalue weighted by molar-refractivity contribution is 0.00471. The van der Waals surface area contributed by atoms with E-state index < -0.39 is 0 Å². The van der Waals surface area contributed by atoms with Crippen molar-refractivity contribution in [3.8, 4) is 5.75 Å². The third-order valence-electron chi connectivity index (χ3n) is 3.25. The van der Waals surface area contributed by atoms with E-state index in [4.69, 9.17) is 4.74 Å². The average Bonchev–Trinajstić information content (AvgIpc) is 2.31. The van der Waals surface area contributed by atoms with Gasteiger partial charge >= 0.3 is 6.09 Å². The Bertz CT molecular complexity index is 379. The summed E-state index contributed by atoms with van der Waals surface area (Å²) < 4.78 is 5.31. The molecule has 2 bridgehead atoms. The lowest BCUT2D eigenvalue weighted by atomic mass is 9.89. The second-order valence-electron chi connectivity index (χ2n) is 4.29. The summed E-state index contributed by atoms with van der Waals surface area (Å²) in [6.45, 7) is 1.78. The molecule has 0 radical (unpaired) electrons. The predicted molar refractivity (Wildman–Crippen MR) is 59.4 cm³/mol. The second kappa shape index (κ2) is 3.79. The van der Waals surface area contributed by atoms with Crippen LogP contribution in [0.2, 0.25) is 0 Å². The van der Waals surface area contributed by atoms with Crippen molar-refractivity contribution in [2.24, 2.45) is 0 Å². The number of hydrogen-bond donors (Lipinski definition) is 1. The van der Waals surface area contributed by atoms with Crippen molar-refractivity contribution in [1.29, 1.82) is 0 Å². The van der Waals surface area contributed by atoms with E-state index in [9.17, 15) is 4.79 Å². The van der Waals surface area contributed by atoms with E-state index in [2.05, 4.69) is 5.32 Å². The van der Waals surface area contributed by atoms with Gasteiger partial charge in [-0.15, -0.1) is 0 Å². The van der Waals surface area contributed by atoms with Crippen LogP contribution in [0.15, 0.2) is 30.3 Å². The average molecular weight is 218 g/mol. The number of piperazine rings is 1. The van der Waals surface area contributed by atoms with E-state index in [0.717, 1.165) is 19.5 Å². The molecule has 0 spiro atoms.